The summed E-state index contributed by atoms with van der Waals surface area (Å²) in [4.78, 5) is 18.7. The second kappa shape index (κ2) is 6.51. The molecule has 0 aliphatic heterocycles. The van der Waals surface area contributed by atoms with Crippen LogP contribution in [0, 0.1) is 5.92 Å². The standard InChI is InChI=1S/C21H26N4OS/c1-6-21(4)11-14-9-7-8-10-15(14)17-16(21)18(26)25-19(22-17)24(5)23-20(25)27-12-13(2)3/h7-10,13H,6,11-12H2,1-5H3/t21-/m0/s1. The van der Waals surface area contributed by atoms with Crippen LogP contribution in [0.25, 0.3) is 17.0 Å². The minimum atomic E-state index is -0.217. The first-order valence-corrected chi connectivity index (χ1v) is 10.6. The fourth-order valence-electron chi connectivity index (χ4n) is 3.91. The molecule has 6 heteroatoms. The molecule has 3 aromatic rings. The summed E-state index contributed by atoms with van der Waals surface area (Å²) in [6, 6.07) is 8.32. The first-order valence-electron chi connectivity index (χ1n) is 9.57. The molecule has 0 saturated heterocycles. The average molecular weight is 383 g/mol. The number of hydrogen-bond acceptors (Lipinski definition) is 4. The van der Waals surface area contributed by atoms with E-state index in [2.05, 4.69) is 51.0 Å². The molecule has 5 nitrogen and oxygen atoms in total. The van der Waals surface area contributed by atoms with Gasteiger partial charge in [-0.2, -0.15) is 0 Å². The summed E-state index contributed by atoms with van der Waals surface area (Å²) in [6.45, 7) is 8.69. The molecule has 142 valence electrons. The summed E-state index contributed by atoms with van der Waals surface area (Å²) in [5.41, 5.74) is 3.83. The number of nitrogens with zero attached hydrogens (tertiary/aromatic N) is 4. The molecule has 0 fully saturated rings. The zero-order valence-corrected chi connectivity index (χ0v) is 17.4. The van der Waals surface area contributed by atoms with Gasteiger partial charge >= 0.3 is 0 Å². The summed E-state index contributed by atoms with van der Waals surface area (Å²) < 4.78 is 3.44. The number of aromatic nitrogens is 4. The Morgan fingerprint density at radius 1 is 1.30 bits per heavy atom. The predicted octanol–water partition coefficient (Wildman–Crippen LogP) is 4.07. The monoisotopic (exact) mass is 382 g/mol. The highest BCUT2D eigenvalue weighted by Gasteiger charge is 2.38. The lowest BCUT2D eigenvalue weighted by Gasteiger charge is -2.34. The van der Waals surface area contributed by atoms with Gasteiger partial charge in [-0.1, -0.05) is 63.7 Å². The Hall–Kier alpha value is -2.08. The zero-order valence-electron chi connectivity index (χ0n) is 16.6. The molecule has 1 atom stereocenters. The van der Waals surface area contributed by atoms with Crippen LogP contribution in [0.1, 0.15) is 45.2 Å². The summed E-state index contributed by atoms with van der Waals surface area (Å²) >= 11 is 1.63. The average Bonchev–Trinajstić information content (AvgIpc) is 2.96. The smallest absolute Gasteiger partial charge is 0.265 e. The Morgan fingerprint density at radius 2 is 2.04 bits per heavy atom. The van der Waals surface area contributed by atoms with Crippen LogP contribution in [-0.4, -0.2) is 24.9 Å². The Bertz CT molecular complexity index is 1080. The molecule has 27 heavy (non-hydrogen) atoms. The van der Waals surface area contributed by atoms with Gasteiger partial charge < -0.3 is 0 Å². The number of thioether (sulfide) groups is 1. The minimum absolute atomic E-state index is 0.0354. The van der Waals surface area contributed by atoms with Gasteiger partial charge in [0, 0.05) is 23.8 Å². The topological polar surface area (TPSA) is 52.2 Å². The molecule has 2 heterocycles. The predicted molar refractivity (Wildman–Crippen MR) is 111 cm³/mol. The molecule has 0 N–H and O–H groups in total. The lowest BCUT2D eigenvalue weighted by Crippen LogP contribution is -2.37. The van der Waals surface area contributed by atoms with Gasteiger partial charge in [0.15, 0.2) is 5.16 Å². The zero-order chi connectivity index (χ0) is 19.3. The fourth-order valence-corrected chi connectivity index (χ4v) is 4.86. The maximum absolute atomic E-state index is 13.7. The highest BCUT2D eigenvalue weighted by Crippen LogP contribution is 2.42. The Morgan fingerprint density at radius 3 is 2.74 bits per heavy atom. The van der Waals surface area contributed by atoms with Crippen LogP contribution < -0.4 is 5.56 Å². The third-order valence-electron chi connectivity index (χ3n) is 5.56. The van der Waals surface area contributed by atoms with E-state index in [1.165, 1.54) is 5.56 Å². The molecule has 2 aromatic heterocycles. The lowest BCUT2D eigenvalue weighted by molar-refractivity contribution is 0.439. The molecule has 1 aromatic carbocycles. The van der Waals surface area contributed by atoms with Crippen LogP contribution in [0.15, 0.2) is 34.2 Å². The van der Waals surface area contributed by atoms with E-state index in [9.17, 15) is 4.79 Å². The Labute approximate surface area is 163 Å². The lowest BCUT2D eigenvalue weighted by atomic mass is 9.69. The molecule has 0 saturated carbocycles. The van der Waals surface area contributed by atoms with Crippen molar-refractivity contribution in [2.24, 2.45) is 13.0 Å². The number of hydrogen-bond donors (Lipinski definition) is 0. The molecule has 0 unspecified atom stereocenters. The Balaban J connectivity index is 2.04. The number of aryl methyl sites for hydroxylation is 1. The van der Waals surface area contributed by atoms with Crippen LogP contribution in [0.3, 0.4) is 0 Å². The summed E-state index contributed by atoms with van der Waals surface area (Å²) in [5, 5.41) is 5.34. The van der Waals surface area contributed by atoms with Crippen LogP contribution in [0.5, 0.6) is 0 Å². The number of fused-ring (bicyclic) bond motifs is 4. The van der Waals surface area contributed by atoms with E-state index in [0.717, 1.165) is 40.6 Å². The van der Waals surface area contributed by atoms with E-state index in [1.54, 1.807) is 20.8 Å². The molecule has 0 spiro atoms. The van der Waals surface area contributed by atoms with Gasteiger partial charge in [-0.05, 0) is 24.3 Å². The van der Waals surface area contributed by atoms with Gasteiger partial charge in [-0.3, -0.25) is 4.79 Å². The first kappa shape index (κ1) is 18.3. The van der Waals surface area contributed by atoms with Crippen molar-refractivity contribution in [3.8, 4) is 11.3 Å². The SMILES string of the molecule is CC[C@@]1(C)Cc2ccccc2-c2nc3n(C)nc(SCC(C)C)n3c(=O)c21. The van der Waals surface area contributed by atoms with Gasteiger partial charge in [-0.15, -0.1) is 5.10 Å². The van der Waals surface area contributed by atoms with Gasteiger partial charge in [-0.25, -0.2) is 14.1 Å². The third-order valence-corrected chi connectivity index (χ3v) is 6.92. The molecular formula is C21H26N4OS. The molecule has 0 radical (unpaired) electrons. The minimum Gasteiger partial charge on any atom is -0.268 e. The fraction of sp³-hybridized carbons (Fsp3) is 0.476. The molecule has 0 bridgehead atoms. The van der Waals surface area contributed by atoms with Crippen molar-refractivity contribution in [1.29, 1.82) is 0 Å². The Kier molecular flexibility index (Phi) is 4.41. The maximum atomic E-state index is 13.7. The van der Waals surface area contributed by atoms with Crippen LogP contribution in [0.4, 0.5) is 0 Å². The normalized spacial score (nSPS) is 18.7. The molecule has 1 aliphatic rings. The van der Waals surface area contributed by atoms with E-state index in [4.69, 9.17) is 4.98 Å². The van der Waals surface area contributed by atoms with Gasteiger partial charge in [0.05, 0.1) is 11.3 Å². The van der Waals surface area contributed by atoms with Gasteiger partial charge in [0.1, 0.15) is 0 Å². The van der Waals surface area contributed by atoms with Crippen molar-refractivity contribution < 1.29 is 0 Å². The van der Waals surface area contributed by atoms with Crippen LogP contribution >= 0.6 is 11.8 Å². The van der Waals surface area contributed by atoms with Crippen LogP contribution in [-0.2, 0) is 18.9 Å². The summed E-state index contributed by atoms with van der Waals surface area (Å²) in [5.74, 6) is 2.06. The van der Waals surface area contributed by atoms with Crippen LogP contribution in [0.2, 0.25) is 0 Å². The van der Waals surface area contributed by atoms with E-state index in [-0.39, 0.29) is 11.0 Å². The number of rotatable bonds is 4. The van der Waals surface area contributed by atoms with E-state index < -0.39 is 0 Å². The highest BCUT2D eigenvalue weighted by atomic mass is 32.2. The van der Waals surface area contributed by atoms with E-state index in [1.807, 2.05) is 13.1 Å². The van der Waals surface area contributed by atoms with Crippen molar-refractivity contribution in [1.82, 2.24) is 19.2 Å². The van der Waals surface area contributed by atoms with Gasteiger partial charge in [0.25, 0.3) is 5.56 Å². The quantitative estimate of drug-likeness (QED) is 0.639. The van der Waals surface area contributed by atoms with Crippen molar-refractivity contribution in [2.45, 2.75) is 51.1 Å². The second-order valence-corrected chi connectivity index (χ2v) is 9.12. The largest absolute Gasteiger partial charge is 0.268 e. The highest BCUT2D eigenvalue weighted by molar-refractivity contribution is 7.99. The van der Waals surface area contributed by atoms with Crippen molar-refractivity contribution in [3.63, 3.8) is 0 Å². The van der Waals surface area contributed by atoms with E-state index >= 15 is 0 Å². The molecule has 1 aliphatic carbocycles. The van der Waals surface area contributed by atoms with Crippen molar-refractivity contribution in [2.75, 3.05) is 5.75 Å². The number of benzene rings is 1. The summed E-state index contributed by atoms with van der Waals surface area (Å²) in [7, 11) is 1.86. The van der Waals surface area contributed by atoms with Crippen molar-refractivity contribution >= 4 is 17.5 Å². The van der Waals surface area contributed by atoms with Gasteiger partial charge in [0.2, 0.25) is 5.78 Å². The van der Waals surface area contributed by atoms with E-state index in [0.29, 0.717) is 11.7 Å². The molecule has 4 rings (SSSR count). The third kappa shape index (κ3) is 2.81. The molecule has 0 amide bonds. The maximum Gasteiger partial charge on any atom is 0.265 e. The molecular weight excluding hydrogens is 356 g/mol. The van der Waals surface area contributed by atoms with Crippen molar-refractivity contribution in [3.05, 3.63) is 45.7 Å². The first-order chi connectivity index (χ1) is 12.9. The summed E-state index contributed by atoms with van der Waals surface area (Å²) in [6.07, 6.45) is 1.76. The second-order valence-electron chi connectivity index (χ2n) is 8.14.